The Balaban J connectivity index is 1.32. The zero-order valence-corrected chi connectivity index (χ0v) is 24.3. The Bertz CT molecular complexity index is 1850. The van der Waals surface area contributed by atoms with E-state index in [9.17, 15) is 17.6 Å². The second kappa shape index (κ2) is 9.92. The lowest BCUT2D eigenvalue weighted by atomic mass is 9.60. The van der Waals surface area contributed by atoms with Crippen molar-refractivity contribution in [2.45, 2.75) is 55.6 Å². The molecule has 1 aromatic carbocycles. The van der Waals surface area contributed by atoms with Gasteiger partial charge in [-0.3, -0.25) is 9.48 Å². The van der Waals surface area contributed by atoms with Gasteiger partial charge in [-0.25, -0.2) is 27.5 Å². The average Bonchev–Trinajstić information content (AvgIpc) is 3.55. The summed E-state index contributed by atoms with van der Waals surface area (Å²) in [6.07, 6.45) is 9.87. The highest BCUT2D eigenvalue weighted by molar-refractivity contribution is 7.89. The van der Waals surface area contributed by atoms with E-state index in [1.165, 1.54) is 35.1 Å². The van der Waals surface area contributed by atoms with E-state index in [-0.39, 0.29) is 40.1 Å². The van der Waals surface area contributed by atoms with Crippen LogP contribution in [0.5, 0.6) is 0 Å². The third kappa shape index (κ3) is 4.48. The predicted octanol–water partition coefficient (Wildman–Crippen LogP) is 4.40. The number of halogens is 2. The number of fused-ring (bicyclic) bond motifs is 2. The van der Waals surface area contributed by atoms with Crippen LogP contribution in [0.3, 0.4) is 0 Å². The maximum absolute atomic E-state index is 14.4. The molecule has 7 rings (SSSR count). The molecule has 42 heavy (non-hydrogen) atoms. The van der Waals surface area contributed by atoms with Crippen molar-refractivity contribution in [2.24, 2.45) is 12.5 Å². The molecule has 0 amide bonds. The molecule has 0 aliphatic heterocycles. The van der Waals surface area contributed by atoms with Crippen molar-refractivity contribution in [2.75, 3.05) is 0 Å². The van der Waals surface area contributed by atoms with Crippen LogP contribution >= 0.6 is 11.6 Å². The number of allylic oxidation sites excluding steroid dienone is 1. The Kier molecular flexibility index (Phi) is 6.41. The molecule has 0 radical (unpaired) electrons. The van der Waals surface area contributed by atoms with Gasteiger partial charge in [-0.1, -0.05) is 17.2 Å². The van der Waals surface area contributed by atoms with E-state index >= 15 is 0 Å². The van der Waals surface area contributed by atoms with Crippen LogP contribution in [0.2, 0.25) is 5.15 Å². The molecule has 4 aromatic rings. The number of rotatable bonds is 7. The summed E-state index contributed by atoms with van der Waals surface area (Å²) in [5, 5.41) is 8.94. The molecule has 2 fully saturated rings. The number of hydrogen-bond donors (Lipinski definition) is 0. The number of nitrogens with zero attached hydrogens (tertiary/aromatic N) is 7. The van der Waals surface area contributed by atoms with Crippen molar-refractivity contribution >= 4 is 33.5 Å². The first-order valence-corrected chi connectivity index (χ1v) is 15.6. The van der Waals surface area contributed by atoms with Crippen molar-refractivity contribution in [1.82, 2.24) is 33.8 Å². The Labute approximate surface area is 246 Å². The van der Waals surface area contributed by atoms with Gasteiger partial charge in [0.25, 0.3) is 10.0 Å². The molecule has 2 atom stereocenters. The molecule has 216 valence electrons. The van der Waals surface area contributed by atoms with Crippen molar-refractivity contribution in [3.05, 3.63) is 88.6 Å². The molecule has 0 bridgehead atoms. The van der Waals surface area contributed by atoms with Gasteiger partial charge < -0.3 is 0 Å². The summed E-state index contributed by atoms with van der Waals surface area (Å²) in [5.41, 5.74) is 2.11. The summed E-state index contributed by atoms with van der Waals surface area (Å²) in [4.78, 5) is 22.9. The highest BCUT2D eigenvalue weighted by Crippen LogP contribution is 2.52. The molecule has 10 nitrogen and oxygen atoms in total. The molecule has 0 saturated heterocycles. The first kappa shape index (κ1) is 27.1. The van der Waals surface area contributed by atoms with Crippen molar-refractivity contribution < 1.29 is 17.6 Å². The second-order valence-electron chi connectivity index (χ2n) is 11.2. The number of aryl methyl sites for hydroxylation is 1. The number of carbonyl (C=O) groups excluding carboxylic acids is 1. The molecular formula is C29H27ClFN7O3S. The minimum absolute atomic E-state index is 0.00305. The highest BCUT2D eigenvalue weighted by Gasteiger charge is 2.54. The minimum atomic E-state index is -3.90. The summed E-state index contributed by atoms with van der Waals surface area (Å²) in [6, 6.07) is 8.52. The van der Waals surface area contributed by atoms with E-state index < -0.39 is 21.5 Å². The van der Waals surface area contributed by atoms with Gasteiger partial charge in [0.2, 0.25) is 5.78 Å². The maximum atomic E-state index is 14.4. The molecule has 13 heteroatoms. The van der Waals surface area contributed by atoms with Crippen LogP contribution in [0.25, 0.3) is 11.8 Å². The number of aromatic nitrogens is 6. The van der Waals surface area contributed by atoms with Gasteiger partial charge in [0.15, 0.2) is 10.9 Å². The van der Waals surface area contributed by atoms with Gasteiger partial charge in [0.05, 0.1) is 23.0 Å². The molecule has 0 unspecified atom stereocenters. The van der Waals surface area contributed by atoms with E-state index in [0.29, 0.717) is 24.9 Å². The lowest BCUT2D eigenvalue weighted by molar-refractivity contribution is 0.0727. The van der Waals surface area contributed by atoms with Crippen molar-refractivity contribution in [1.29, 1.82) is 0 Å². The topological polar surface area (TPSA) is 116 Å². The van der Waals surface area contributed by atoms with E-state index in [2.05, 4.69) is 20.2 Å². The average molecular weight is 608 g/mol. The van der Waals surface area contributed by atoms with Gasteiger partial charge in [-0.2, -0.15) is 14.5 Å². The van der Waals surface area contributed by atoms with Gasteiger partial charge in [0.1, 0.15) is 11.0 Å². The summed E-state index contributed by atoms with van der Waals surface area (Å²) in [6.45, 7) is 0. The number of ketones is 1. The second-order valence-corrected chi connectivity index (χ2v) is 13.4. The van der Waals surface area contributed by atoms with Crippen LogP contribution in [0.4, 0.5) is 4.39 Å². The zero-order valence-electron chi connectivity index (χ0n) is 22.7. The van der Waals surface area contributed by atoms with Crippen LogP contribution in [-0.4, -0.2) is 60.1 Å². The number of hydrogen-bond acceptors (Lipinski definition) is 7. The Morgan fingerprint density at radius 3 is 2.60 bits per heavy atom. The Morgan fingerprint density at radius 1 is 1.12 bits per heavy atom. The summed E-state index contributed by atoms with van der Waals surface area (Å²) >= 11 is 6.17. The number of benzene rings is 1. The smallest absolute Gasteiger partial charge is 0.262 e. The van der Waals surface area contributed by atoms with Gasteiger partial charge in [0, 0.05) is 31.5 Å². The van der Waals surface area contributed by atoms with Crippen LogP contribution < -0.4 is 0 Å². The summed E-state index contributed by atoms with van der Waals surface area (Å²) < 4.78 is 46.3. The van der Waals surface area contributed by atoms with Gasteiger partial charge in [-0.15, -0.1) is 0 Å². The van der Waals surface area contributed by atoms with Crippen LogP contribution in [0, 0.1) is 11.2 Å². The predicted molar refractivity (Wildman–Crippen MR) is 152 cm³/mol. The van der Waals surface area contributed by atoms with Crippen LogP contribution in [-0.2, 0) is 23.5 Å². The number of carbonyl (C=O) groups is 1. The van der Waals surface area contributed by atoms with Gasteiger partial charge in [-0.05, 0) is 86.6 Å². The molecular weight excluding hydrogens is 581 g/mol. The highest BCUT2D eigenvalue weighted by atomic mass is 35.5. The SMILES string of the molecule is Cn1ccc(S(=O)(=O)N(C2CC2)[C@H]2CCC3=Cc4c(cnn4-c4ccc(F)cc4)C[C@]3(C(=O)c3nccc(Cl)n3)C2)n1. The Hall–Kier alpha value is -3.74. The van der Waals surface area contributed by atoms with E-state index in [0.717, 1.165) is 29.7 Å². The molecule has 3 aliphatic carbocycles. The third-order valence-electron chi connectivity index (χ3n) is 8.46. The fraction of sp³-hybridized carbons (Fsp3) is 0.345. The van der Waals surface area contributed by atoms with Gasteiger partial charge >= 0.3 is 0 Å². The Morgan fingerprint density at radius 2 is 1.90 bits per heavy atom. The largest absolute Gasteiger partial charge is 0.290 e. The molecule has 0 spiro atoms. The normalized spacial score (nSPS) is 22.0. The zero-order chi connectivity index (χ0) is 29.2. The van der Waals surface area contributed by atoms with E-state index in [4.69, 9.17) is 11.6 Å². The molecule has 3 aromatic heterocycles. The summed E-state index contributed by atoms with van der Waals surface area (Å²) in [5.74, 6) is -0.649. The van der Waals surface area contributed by atoms with Crippen molar-refractivity contribution in [3.63, 3.8) is 0 Å². The van der Waals surface area contributed by atoms with E-state index in [1.807, 2.05) is 6.08 Å². The number of Topliss-reactive ketones (excluding diaryl/α,β-unsaturated/α-hetero) is 1. The monoisotopic (exact) mass is 607 g/mol. The fourth-order valence-electron chi connectivity index (χ4n) is 6.41. The molecule has 0 N–H and O–H groups in total. The minimum Gasteiger partial charge on any atom is -0.290 e. The molecule has 3 aliphatic rings. The standard InChI is InChI=1S/C29H27ClFN7O3S/c1-36-13-11-26(35-36)42(40,41)38(22-8-9-22)23-5-2-19-14-24-18(17-33-37(24)21-6-3-20(31)4-7-21)15-29(19,16-23)27(39)28-32-12-10-25(30)34-28/h3-4,6-7,10-14,17,22-23H,2,5,8-9,15-16H2,1H3/t23-,29-/m0/s1. The van der Waals surface area contributed by atoms with Crippen LogP contribution in [0.1, 0.15) is 54.0 Å². The lowest BCUT2D eigenvalue weighted by Gasteiger charge is -2.46. The third-order valence-corrected chi connectivity index (χ3v) is 10.6. The molecule has 3 heterocycles. The lowest BCUT2D eigenvalue weighted by Crippen LogP contribution is -2.51. The quantitative estimate of drug-likeness (QED) is 0.226. The molecule has 2 saturated carbocycles. The number of sulfonamides is 1. The summed E-state index contributed by atoms with van der Waals surface area (Å²) in [7, 11) is -2.22. The van der Waals surface area contributed by atoms with Crippen LogP contribution in [0.15, 0.2) is 65.6 Å². The first-order valence-electron chi connectivity index (χ1n) is 13.8. The fourth-order valence-corrected chi connectivity index (χ4v) is 8.40. The van der Waals surface area contributed by atoms with E-state index in [1.54, 1.807) is 40.6 Å². The maximum Gasteiger partial charge on any atom is 0.262 e. The van der Waals surface area contributed by atoms with Crippen molar-refractivity contribution in [3.8, 4) is 5.69 Å². The first-order chi connectivity index (χ1) is 20.2.